The molecule has 5 rings (SSSR count). The van der Waals surface area contributed by atoms with Crippen molar-refractivity contribution in [3.63, 3.8) is 0 Å². The Balaban J connectivity index is 1.53. The lowest BCUT2D eigenvalue weighted by Crippen LogP contribution is -2.21. The molecular formula is C34H34N4O6. The van der Waals surface area contributed by atoms with Crippen LogP contribution in [-0.2, 0) is 25.6 Å². The van der Waals surface area contributed by atoms with E-state index in [2.05, 4.69) is 4.98 Å². The van der Waals surface area contributed by atoms with Gasteiger partial charge in [-0.05, 0) is 60.7 Å². The molecule has 0 saturated heterocycles. The molecular weight excluding hydrogens is 560 g/mol. The third kappa shape index (κ3) is 6.64. The summed E-state index contributed by atoms with van der Waals surface area (Å²) in [5, 5.41) is 1.72. The lowest BCUT2D eigenvalue weighted by atomic mass is 10.1. The SMILES string of the molecule is CC(=O)OCc1cc2c([nH]c3ccccc32)c([C@@H](COC(=O)c2ccc(N(C)C)cc2)OC(=O)c2ccc(N(C)C)cc2)n1. The summed E-state index contributed by atoms with van der Waals surface area (Å²) >= 11 is 0. The summed E-state index contributed by atoms with van der Waals surface area (Å²) in [5.41, 5.74) is 4.80. The highest BCUT2D eigenvalue weighted by atomic mass is 16.6. The molecule has 10 heteroatoms. The molecule has 0 spiro atoms. The molecule has 1 N–H and O–H groups in total. The number of esters is 3. The average molecular weight is 595 g/mol. The van der Waals surface area contributed by atoms with E-state index in [0.29, 0.717) is 28.0 Å². The van der Waals surface area contributed by atoms with Gasteiger partial charge in [-0.15, -0.1) is 0 Å². The number of benzene rings is 3. The van der Waals surface area contributed by atoms with Gasteiger partial charge in [-0.3, -0.25) is 4.79 Å². The van der Waals surface area contributed by atoms with Gasteiger partial charge in [0.05, 0.1) is 22.3 Å². The smallest absolute Gasteiger partial charge is 0.338 e. The second-order valence-corrected chi connectivity index (χ2v) is 10.7. The average Bonchev–Trinajstić information content (AvgIpc) is 3.40. The van der Waals surface area contributed by atoms with Crippen molar-refractivity contribution in [2.75, 3.05) is 44.6 Å². The van der Waals surface area contributed by atoms with E-state index in [1.807, 2.05) is 92.6 Å². The van der Waals surface area contributed by atoms with Gasteiger partial charge >= 0.3 is 17.9 Å². The molecule has 226 valence electrons. The van der Waals surface area contributed by atoms with Crippen LogP contribution in [0.3, 0.4) is 0 Å². The quantitative estimate of drug-likeness (QED) is 0.161. The van der Waals surface area contributed by atoms with Crippen molar-refractivity contribution >= 4 is 51.1 Å². The molecule has 5 aromatic rings. The van der Waals surface area contributed by atoms with Crippen LogP contribution in [0.1, 0.15) is 45.1 Å². The Morgan fingerprint density at radius 1 is 0.773 bits per heavy atom. The van der Waals surface area contributed by atoms with Gasteiger partial charge in [0.2, 0.25) is 0 Å². The summed E-state index contributed by atoms with van der Waals surface area (Å²) in [6, 6.07) is 23.5. The number of nitrogens with one attached hydrogen (secondary N) is 1. The van der Waals surface area contributed by atoms with E-state index in [4.69, 9.17) is 19.2 Å². The number of carbonyl (C=O) groups is 3. The van der Waals surface area contributed by atoms with Crippen LogP contribution < -0.4 is 9.80 Å². The van der Waals surface area contributed by atoms with Crippen molar-refractivity contribution in [1.29, 1.82) is 0 Å². The van der Waals surface area contributed by atoms with Crippen molar-refractivity contribution in [3.05, 3.63) is 101 Å². The predicted octanol–water partition coefficient (Wildman–Crippen LogP) is 5.67. The fourth-order valence-corrected chi connectivity index (χ4v) is 4.80. The second kappa shape index (κ2) is 12.9. The number of hydrogen-bond acceptors (Lipinski definition) is 9. The number of pyridine rings is 1. The fraction of sp³-hybridized carbons (Fsp3) is 0.235. The first-order chi connectivity index (χ1) is 21.1. The van der Waals surface area contributed by atoms with Gasteiger partial charge in [-0.1, -0.05) is 18.2 Å². The lowest BCUT2D eigenvalue weighted by Gasteiger charge is -2.20. The van der Waals surface area contributed by atoms with Gasteiger partial charge in [0.25, 0.3) is 0 Å². The van der Waals surface area contributed by atoms with Crippen LogP contribution in [0.5, 0.6) is 0 Å². The first-order valence-electron chi connectivity index (χ1n) is 14.1. The minimum absolute atomic E-state index is 0.0809. The minimum atomic E-state index is -1.09. The fourth-order valence-electron chi connectivity index (χ4n) is 4.80. The van der Waals surface area contributed by atoms with E-state index in [-0.39, 0.29) is 13.2 Å². The van der Waals surface area contributed by atoms with Crippen molar-refractivity contribution in [1.82, 2.24) is 9.97 Å². The van der Waals surface area contributed by atoms with E-state index in [9.17, 15) is 14.4 Å². The van der Waals surface area contributed by atoms with Gasteiger partial charge in [-0.25, -0.2) is 14.6 Å². The van der Waals surface area contributed by atoms with E-state index in [1.54, 1.807) is 24.3 Å². The van der Waals surface area contributed by atoms with Gasteiger partial charge in [0.1, 0.15) is 18.9 Å². The summed E-state index contributed by atoms with van der Waals surface area (Å²) in [6.07, 6.45) is -1.09. The predicted molar refractivity (Wildman–Crippen MR) is 169 cm³/mol. The third-order valence-electron chi connectivity index (χ3n) is 7.16. The van der Waals surface area contributed by atoms with Crippen LogP contribution in [0.2, 0.25) is 0 Å². The van der Waals surface area contributed by atoms with Crippen molar-refractivity contribution < 1.29 is 28.6 Å². The Kier molecular flexibility index (Phi) is 8.80. The van der Waals surface area contributed by atoms with Crippen LogP contribution in [0.15, 0.2) is 78.9 Å². The molecule has 0 saturated carbocycles. The largest absolute Gasteiger partial charge is 0.459 e. The molecule has 3 aromatic carbocycles. The molecule has 1 atom stereocenters. The monoisotopic (exact) mass is 594 g/mol. The Bertz CT molecular complexity index is 1810. The normalized spacial score (nSPS) is 11.7. The van der Waals surface area contributed by atoms with Crippen molar-refractivity contribution in [2.45, 2.75) is 19.6 Å². The Morgan fingerprint density at radius 3 is 1.95 bits per heavy atom. The number of nitrogens with zero attached hydrogens (tertiary/aromatic N) is 3. The lowest BCUT2D eigenvalue weighted by molar-refractivity contribution is -0.142. The summed E-state index contributed by atoms with van der Waals surface area (Å²) < 4.78 is 17.0. The molecule has 0 radical (unpaired) electrons. The summed E-state index contributed by atoms with van der Waals surface area (Å²) in [6.45, 7) is 0.939. The highest BCUT2D eigenvalue weighted by Crippen LogP contribution is 2.33. The molecule has 0 unspecified atom stereocenters. The number of H-pyrrole nitrogens is 1. The molecule has 2 heterocycles. The number of fused-ring (bicyclic) bond motifs is 3. The van der Waals surface area contributed by atoms with E-state index in [1.165, 1.54) is 6.92 Å². The van der Waals surface area contributed by atoms with Gasteiger partial charge in [0.15, 0.2) is 6.10 Å². The molecule has 0 fully saturated rings. The summed E-state index contributed by atoms with van der Waals surface area (Å²) in [5.74, 6) is -1.63. The Hall–Kier alpha value is -5.38. The van der Waals surface area contributed by atoms with Gasteiger partial charge in [-0.2, -0.15) is 0 Å². The number of aromatic nitrogens is 2. The number of hydrogen-bond donors (Lipinski definition) is 1. The summed E-state index contributed by atoms with van der Waals surface area (Å²) in [4.78, 5) is 50.1. The zero-order chi connectivity index (χ0) is 31.4. The highest BCUT2D eigenvalue weighted by Gasteiger charge is 2.26. The third-order valence-corrected chi connectivity index (χ3v) is 7.16. The molecule has 0 amide bonds. The number of para-hydroxylation sites is 1. The van der Waals surface area contributed by atoms with Crippen LogP contribution >= 0.6 is 0 Å². The highest BCUT2D eigenvalue weighted by molar-refractivity contribution is 6.08. The van der Waals surface area contributed by atoms with Crippen LogP contribution in [0.25, 0.3) is 21.8 Å². The number of carbonyl (C=O) groups excluding carboxylic acids is 3. The summed E-state index contributed by atoms with van der Waals surface area (Å²) in [7, 11) is 7.64. The number of rotatable bonds is 10. The molecule has 0 aliphatic rings. The number of ether oxygens (including phenoxy) is 3. The molecule has 0 aliphatic heterocycles. The van der Waals surface area contributed by atoms with Crippen molar-refractivity contribution in [2.24, 2.45) is 0 Å². The zero-order valence-corrected chi connectivity index (χ0v) is 25.3. The molecule has 44 heavy (non-hydrogen) atoms. The maximum absolute atomic E-state index is 13.4. The van der Waals surface area contributed by atoms with Gasteiger partial charge < -0.3 is 29.0 Å². The molecule has 10 nitrogen and oxygen atoms in total. The van der Waals surface area contributed by atoms with Crippen LogP contribution in [0, 0.1) is 0 Å². The van der Waals surface area contributed by atoms with E-state index in [0.717, 1.165) is 27.7 Å². The maximum atomic E-state index is 13.4. The molecule has 2 aromatic heterocycles. The Labute approximate surface area is 255 Å². The van der Waals surface area contributed by atoms with Crippen LogP contribution in [-0.4, -0.2) is 62.7 Å². The standard InChI is InChI=1S/C34H34N4O6/c1-21(39)42-19-24-18-28-27-8-6-7-9-29(27)36-31(28)32(35-24)30(44-34(41)23-12-16-26(17-13-23)38(4)5)20-43-33(40)22-10-14-25(15-11-22)37(2)3/h6-18,30,36H,19-20H2,1-5H3/t30-/m1/s1. The number of anilines is 2. The first kappa shape index (κ1) is 30.1. The second-order valence-electron chi connectivity index (χ2n) is 10.7. The Morgan fingerprint density at radius 2 is 1.36 bits per heavy atom. The van der Waals surface area contributed by atoms with E-state index < -0.39 is 24.0 Å². The topological polar surface area (TPSA) is 114 Å². The minimum Gasteiger partial charge on any atom is -0.459 e. The van der Waals surface area contributed by atoms with Gasteiger partial charge in [0, 0.05) is 62.8 Å². The van der Waals surface area contributed by atoms with Crippen molar-refractivity contribution in [3.8, 4) is 0 Å². The van der Waals surface area contributed by atoms with Crippen LogP contribution in [0.4, 0.5) is 11.4 Å². The van der Waals surface area contributed by atoms with E-state index >= 15 is 0 Å². The number of aromatic amines is 1. The molecule has 0 bridgehead atoms. The maximum Gasteiger partial charge on any atom is 0.338 e. The zero-order valence-electron chi connectivity index (χ0n) is 25.3. The molecule has 0 aliphatic carbocycles. The first-order valence-corrected chi connectivity index (χ1v) is 14.1.